The molecule has 1 aliphatic rings. The van der Waals surface area contributed by atoms with Crippen molar-refractivity contribution in [3.8, 4) is 5.75 Å². The second kappa shape index (κ2) is 4.84. The van der Waals surface area contributed by atoms with Crippen LogP contribution < -0.4 is 0 Å². The zero-order valence-electron chi connectivity index (χ0n) is 10.4. The average molecular weight is 479 g/mol. The Morgan fingerprint density at radius 3 is 2.18 bits per heavy atom. The fourth-order valence-electron chi connectivity index (χ4n) is 1.84. The van der Waals surface area contributed by atoms with Crippen LogP contribution in [-0.2, 0) is 0 Å². The molecule has 17 heavy (non-hydrogen) atoms. The maximum atomic E-state index is 9.76. The van der Waals surface area contributed by atoms with Crippen LogP contribution in [0.3, 0.4) is 0 Å². The van der Waals surface area contributed by atoms with Crippen molar-refractivity contribution in [1.82, 2.24) is 0 Å². The molecule has 84 valence electrons. The van der Waals surface area contributed by atoms with Crippen molar-refractivity contribution < 1.29 is 5.11 Å². The van der Waals surface area contributed by atoms with E-state index in [1.807, 2.05) is 18.2 Å². The van der Waals surface area contributed by atoms with Crippen molar-refractivity contribution in [3.05, 3.63) is 65.3 Å². The molecule has 0 radical (unpaired) electrons. The number of phenolic OH excluding ortho intramolecular Hbond substituents is 1. The van der Waals surface area contributed by atoms with Crippen LogP contribution in [0, 0.1) is 0 Å². The van der Waals surface area contributed by atoms with E-state index in [0.717, 1.165) is 5.56 Å². The maximum absolute atomic E-state index is 9.76. The summed E-state index contributed by atoms with van der Waals surface area (Å²) in [7, 11) is 0. The van der Waals surface area contributed by atoms with Crippen LogP contribution in [0.4, 0.5) is 0 Å². The Morgan fingerprint density at radius 2 is 1.65 bits per heavy atom. The van der Waals surface area contributed by atoms with Crippen LogP contribution in [0.1, 0.15) is 25.3 Å². The molecule has 1 nitrogen and oxygen atoms in total. The second-order valence-corrected chi connectivity index (χ2v) is 4.26. The first-order valence-electron chi connectivity index (χ1n) is 5.50. The minimum absolute atomic E-state index is 0. The molecule has 0 heterocycles. The van der Waals surface area contributed by atoms with Gasteiger partial charge in [-0.3, -0.25) is 0 Å². The van der Waals surface area contributed by atoms with Gasteiger partial charge in [0, 0.05) is 11.5 Å². The molecule has 1 aromatic rings. The number of aromatic hydroxyl groups is 1. The molecule has 0 atom stereocenters. The molecule has 0 fully saturated rings. The van der Waals surface area contributed by atoms with Crippen LogP contribution in [0.25, 0.3) is 0 Å². The Balaban J connectivity index is 0.00000144. The zero-order chi connectivity index (χ0) is 11.5. The molecule has 1 aliphatic carbocycles. The summed E-state index contributed by atoms with van der Waals surface area (Å²) in [6, 6.07) is 7.49. The number of allylic oxidation sites excluding steroid dienone is 6. The smallest absolute Gasteiger partial charge is 0.119 e. The van der Waals surface area contributed by atoms with Crippen LogP contribution in [-0.4, -0.2) is 5.11 Å². The van der Waals surface area contributed by atoms with Crippen molar-refractivity contribution >= 4 is 0 Å². The van der Waals surface area contributed by atoms with E-state index < -0.39 is 0 Å². The third-order valence-corrected chi connectivity index (χ3v) is 2.84. The summed E-state index contributed by atoms with van der Waals surface area (Å²) in [5, 5.41) is 9.76. The fourth-order valence-corrected chi connectivity index (χ4v) is 1.84. The van der Waals surface area contributed by atoms with E-state index in [1.165, 1.54) is 11.1 Å². The maximum Gasteiger partial charge on any atom is 0.119 e. The minimum atomic E-state index is 0. The van der Waals surface area contributed by atoms with Gasteiger partial charge < -0.3 is 5.11 Å². The largest absolute Gasteiger partial charge is 0.508 e. The van der Waals surface area contributed by atoms with E-state index in [4.69, 9.17) is 0 Å². The number of hydrogen-bond acceptors (Lipinski definition) is 1. The molecule has 0 saturated heterocycles. The summed E-state index contributed by atoms with van der Waals surface area (Å²) >= 11 is 0. The summed E-state index contributed by atoms with van der Waals surface area (Å²) in [6.07, 6.45) is 8.48. The average Bonchev–Trinajstić information content (AvgIpc) is 2.30. The molecule has 0 aliphatic heterocycles. The molecule has 0 saturated carbocycles. The Kier molecular flexibility index (Phi) is 3.51. The van der Waals surface area contributed by atoms with E-state index in [2.05, 4.69) is 38.2 Å². The van der Waals surface area contributed by atoms with Crippen LogP contribution >= 0.6 is 0 Å². The molecule has 0 bridgehead atoms. The third kappa shape index (κ3) is 2.43. The van der Waals surface area contributed by atoms with Crippen molar-refractivity contribution in [2.24, 2.45) is 0 Å². The van der Waals surface area contributed by atoms with Crippen LogP contribution in [0.5, 0.6) is 5.75 Å². The standard InChI is InChI=1S/C15H16O.Rf/c1-11(2)12-7-9-13(10-8-12)14-5-3-4-6-15(14)16;/h3-10,13,16H,1-2H3;. The van der Waals surface area contributed by atoms with Gasteiger partial charge in [-0.15, -0.1) is 0 Å². The summed E-state index contributed by atoms with van der Waals surface area (Å²) < 4.78 is 0. The van der Waals surface area contributed by atoms with Gasteiger partial charge >= 0.3 is 0 Å². The summed E-state index contributed by atoms with van der Waals surface area (Å²) in [5.74, 6) is 0.548. The summed E-state index contributed by atoms with van der Waals surface area (Å²) in [5.41, 5.74) is 3.53. The first kappa shape index (κ1) is 12.3. The summed E-state index contributed by atoms with van der Waals surface area (Å²) in [6.45, 7) is 4.20. The van der Waals surface area contributed by atoms with Gasteiger partial charge in [0.05, 0.1) is 0 Å². The van der Waals surface area contributed by atoms with Gasteiger partial charge in [-0.05, 0) is 25.5 Å². The Morgan fingerprint density at radius 1 is 1.06 bits per heavy atom. The van der Waals surface area contributed by atoms with Crippen molar-refractivity contribution in [2.75, 3.05) is 0 Å². The Labute approximate surface area is 96.4 Å². The van der Waals surface area contributed by atoms with Crippen molar-refractivity contribution in [2.45, 2.75) is 19.8 Å². The molecule has 0 aromatic heterocycles. The van der Waals surface area contributed by atoms with Gasteiger partial charge in [-0.25, -0.2) is 0 Å². The van der Waals surface area contributed by atoms with Crippen LogP contribution in [0.2, 0.25) is 0 Å². The van der Waals surface area contributed by atoms with E-state index >= 15 is 0 Å². The molecular formula is C15H16ORf. The predicted octanol–water partition coefficient (Wildman–Crippen LogP) is 3.94. The molecule has 2 rings (SSSR count). The summed E-state index contributed by atoms with van der Waals surface area (Å²) in [4.78, 5) is 0. The van der Waals surface area contributed by atoms with Gasteiger partial charge in [0.15, 0.2) is 0 Å². The van der Waals surface area contributed by atoms with E-state index in [-0.39, 0.29) is 5.92 Å². The van der Waals surface area contributed by atoms with E-state index in [1.54, 1.807) is 6.07 Å². The normalized spacial score (nSPS) is 17.8. The molecule has 0 unspecified atom stereocenters. The number of rotatable bonds is 1. The number of para-hydroxylation sites is 1. The van der Waals surface area contributed by atoms with Crippen molar-refractivity contribution in [1.29, 1.82) is 0 Å². The number of hydrogen-bond donors (Lipinski definition) is 1. The minimum Gasteiger partial charge on any atom is -0.508 e. The SMILES string of the molecule is CC(C)=C1C=CC(c2ccccc2O)C=C1.[Rf]. The second-order valence-electron chi connectivity index (χ2n) is 4.26. The molecule has 2 heteroatoms. The third-order valence-electron chi connectivity index (χ3n) is 2.84. The Bertz CT molecular complexity index is 463. The molecule has 0 spiro atoms. The van der Waals surface area contributed by atoms with Gasteiger partial charge in [-0.1, -0.05) is 48.1 Å². The molecule has 1 N–H and O–H groups in total. The van der Waals surface area contributed by atoms with E-state index in [0.29, 0.717) is 5.75 Å². The van der Waals surface area contributed by atoms with Gasteiger partial charge in [0.1, 0.15) is 5.75 Å². The van der Waals surface area contributed by atoms with Gasteiger partial charge in [0.25, 0.3) is 0 Å². The van der Waals surface area contributed by atoms with Gasteiger partial charge in [-0.2, -0.15) is 0 Å². The number of benzene rings is 1. The molecule has 1 aromatic carbocycles. The zero-order valence-corrected chi connectivity index (χ0v) is 16.7. The van der Waals surface area contributed by atoms with Gasteiger partial charge in [0.2, 0.25) is 0 Å². The van der Waals surface area contributed by atoms with Crippen molar-refractivity contribution in [3.63, 3.8) is 0 Å². The topological polar surface area (TPSA) is 20.2 Å². The quantitative estimate of drug-likeness (QED) is 0.648. The first-order valence-corrected chi connectivity index (χ1v) is 5.50. The monoisotopic (exact) mass is 479 g/mol. The molecule has 0 amide bonds. The molecular weight excluding hydrogens is 463 g/mol. The number of phenols is 1. The first-order chi connectivity index (χ1) is 7.68. The van der Waals surface area contributed by atoms with E-state index in [9.17, 15) is 5.11 Å². The fraction of sp³-hybridized carbons (Fsp3) is 0.200. The Hall–Kier alpha value is -2.76. The predicted molar refractivity (Wildman–Crippen MR) is 67.5 cm³/mol. The van der Waals surface area contributed by atoms with Crippen LogP contribution in [0.15, 0.2) is 59.7 Å².